The van der Waals surface area contributed by atoms with E-state index >= 15 is 0 Å². The number of hydrogen-bond donors (Lipinski definition) is 2. The fourth-order valence-corrected chi connectivity index (χ4v) is 2.97. The largest absolute Gasteiger partial charge is 0.399 e. The molecule has 0 amide bonds. The summed E-state index contributed by atoms with van der Waals surface area (Å²) in [6.45, 7) is 1.76. The van der Waals surface area contributed by atoms with Crippen LogP contribution in [0.3, 0.4) is 0 Å². The van der Waals surface area contributed by atoms with Crippen LogP contribution in [-0.4, -0.2) is 13.4 Å². The van der Waals surface area contributed by atoms with Crippen molar-refractivity contribution in [3.8, 4) is 0 Å². The van der Waals surface area contributed by atoms with Crippen molar-refractivity contribution in [3.63, 3.8) is 0 Å². The van der Waals surface area contributed by atoms with Gasteiger partial charge in [0, 0.05) is 24.1 Å². The predicted molar refractivity (Wildman–Crippen MR) is 73.8 cm³/mol. The molecule has 0 spiro atoms. The van der Waals surface area contributed by atoms with E-state index in [9.17, 15) is 8.42 Å². The van der Waals surface area contributed by atoms with Gasteiger partial charge in [0.1, 0.15) is 0 Å². The lowest BCUT2D eigenvalue weighted by molar-refractivity contribution is 0.566. The van der Waals surface area contributed by atoms with E-state index in [0.717, 1.165) is 5.56 Å². The van der Waals surface area contributed by atoms with E-state index in [4.69, 9.17) is 5.73 Å². The predicted octanol–water partition coefficient (Wildman–Crippen LogP) is 1.70. The van der Waals surface area contributed by atoms with E-state index in [0.29, 0.717) is 5.69 Å². The molecule has 1 heterocycles. The maximum atomic E-state index is 12.2. The first-order valence-corrected chi connectivity index (χ1v) is 7.25. The normalized spacial score (nSPS) is 13.1. The summed E-state index contributed by atoms with van der Waals surface area (Å²) >= 11 is 0. The average Bonchev–Trinajstić information content (AvgIpc) is 2.39. The first kappa shape index (κ1) is 13.5. The second kappa shape index (κ2) is 5.38. The molecule has 0 bridgehead atoms. The molecule has 0 fully saturated rings. The van der Waals surface area contributed by atoms with Gasteiger partial charge in [-0.2, -0.15) is 0 Å². The number of benzene rings is 1. The average molecular weight is 277 g/mol. The molecule has 0 saturated carbocycles. The Morgan fingerprint density at radius 1 is 1.26 bits per heavy atom. The van der Waals surface area contributed by atoms with Gasteiger partial charge in [-0.3, -0.25) is 4.98 Å². The van der Waals surface area contributed by atoms with E-state index in [-0.39, 0.29) is 10.9 Å². The second-order valence-electron chi connectivity index (χ2n) is 4.20. The molecule has 19 heavy (non-hydrogen) atoms. The highest BCUT2D eigenvalue weighted by Crippen LogP contribution is 2.17. The fourth-order valence-electron chi connectivity index (χ4n) is 1.68. The number of rotatable bonds is 4. The molecule has 0 aliphatic rings. The molecule has 0 aliphatic carbocycles. The number of nitrogens with zero attached hydrogens (tertiary/aromatic N) is 1. The number of hydrogen-bond acceptors (Lipinski definition) is 4. The minimum Gasteiger partial charge on any atom is -0.399 e. The summed E-state index contributed by atoms with van der Waals surface area (Å²) in [5, 5.41) is 0. The van der Waals surface area contributed by atoms with E-state index in [1.165, 1.54) is 12.1 Å². The second-order valence-corrected chi connectivity index (χ2v) is 5.92. The molecule has 0 radical (unpaired) electrons. The van der Waals surface area contributed by atoms with Gasteiger partial charge in [-0.1, -0.05) is 12.1 Å². The number of aromatic nitrogens is 1. The maximum Gasteiger partial charge on any atom is 0.241 e. The molecule has 0 aliphatic heterocycles. The molecule has 3 N–H and O–H groups in total. The van der Waals surface area contributed by atoms with Gasteiger partial charge in [-0.05, 0) is 36.8 Å². The van der Waals surface area contributed by atoms with Crippen LogP contribution in [0, 0.1) is 0 Å². The first-order valence-electron chi connectivity index (χ1n) is 5.77. The number of nitrogens with one attached hydrogen (secondary N) is 1. The van der Waals surface area contributed by atoms with Crippen LogP contribution in [0.15, 0.2) is 53.7 Å². The molecule has 1 atom stereocenters. The summed E-state index contributed by atoms with van der Waals surface area (Å²) in [7, 11) is -3.59. The van der Waals surface area contributed by atoms with Crippen LogP contribution in [0.5, 0.6) is 0 Å². The van der Waals surface area contributed by atoms with Crippen LogP contribution in [-0.2, 0) is 10.0 Å². The number of nitrogen functional groups attached to an aromatic ring is 1. The molecule has 100 valence electrons. The lowest BCUT2D eigenvalue weighted by Gasteiger charge is -2.14. The van der Waals surface area contributed by atoms with E-state index in [2.05, 4.69) is 9.71 Å². The molecule has 0 saturated heterocycles. The van der Waals surface area contributed by atoms with Crippen LogP contribution in [0.25, 0.3) is 0 Å². The zero-order valence-electron chi connectivity index (χ0n) is 10.4. The van der Waals surface area contributed by atoms with Gasteiger partial charge in [-0.25, -0.2) is 13.1 Å². The molecule has 6 heteroatoms. The summed E-state index contributed by atoms with van der Waals surface area (Å²) in [5.74, 6) is 0. The zero-order chi connectivity index (χ0) is 13.9. The van der Waals surface area contributed by atoms with Gasteiger partial charge >= 0.3 is 0 Å². The van der Waals surface area contributed by atoms with Crippen LogP contribution >= 0.6 is 0 Å². The van der Waals surface area contributed by atoms with E-state index in [1.54, 1.807) is 37.5 Å². The maximum absolute atomic E-state index is 12.2. The van der Waals surface area contributed by atoms with Gasteiger partial charge in [0.15, 0.2) is 0 Å². The Kier molecular flexibility index (Phi) is 3.82. The number of sulfonamides is 1. The highest BCUT2D eigenvalue weighted by molar-refractivity contribution is 7.89. The fraction of sp³-hybridized carbons (Fsp3) is 0.154. The summed E-state index contributed by atoms with van der Waals surface area (Å²) in [6, 6.07) is 9.41. The molecular weight excluding hydrogens is 262 g/mol. The Labute approximate surface area is 112 Å². The molecule has 5 nitrogen and oxygen atoms in total. The topological polar surface area (TPSA) is 85.1 Å². The van der Waals surface area contributed by atoms with Crippen molar-refractivity contribution in [2.75, 3.05) is 5.73 Å². The van der Waals surface area contributed by atoms with Crippen molar-refractivity contribution >= 4 is 15.7 Å². The van der Waals surface area contributed by atoms with Crippen LogP contribution < -0.4 is 10.5 Å². The van der Waals surface area contributed by atoms with Crippen LogP contribution in [0.4, 0.5) is 5.69 Å². The summed E-state index contributed by atoms with van der Waals surface area (Å²) in [4.78, 5) is 4.12. The van der Waals surface area contributed by atoms with Crippen molar-refractivity contribution in [2.45, 2.75) is 17.9 Å². The third kappa shape index (κ3) is 3.30. The SMILES string of the molecule is CC(NS(=O)(=O)c1cccc(N)c1)c1cccnc1. The standard InChI is InChI=1S/C13H15N3O2S/c1-10(11-4-3-7-15-9-11)16-19(17,18)13-6-2-5-12(14)8-13/h2-10,16H,14H2,1H3. The number of anilines is 1. The molecule has 2 aromatic rings. The van der Waals surface area contributed by atoms with E-state index in [1.807, 2.05) is 6.07 Å². The quantitative estimate of drug-likeness (QED) is 0.833. The molecule has 1 aromatic heterocycles. The summed E-state index contributed by atoms with van der Waals surface area (Å²) < 4.78 is 27.0. The van der Waals surface area contributed by atoms with Gasteiger partial charge in [0.25, 0.3) is 0 Å². The van der Waals surface area contributed by atoms with Crippen molar-refractivity contribution in [1.29, 1.82) is 0 Å². The third-order valence-corrected chi connectivity index (χ3v) is 4.22. The third-order valence-electron chi connectivity index (χ3n) is 2.68. The highest BCUT2D eigenvalue weighted by Gasteiger charge is 2.18. The minimum absolute atomic E-state index is 0.156. The molecule has 1 aromatic carbocycles. The Morgan fingerprint density at radius 3 is 2.68 bits per heavy atom. The van der Waals surface area contributed by atoms with Crippen molar-refractivity contribution in [3.05, 3.63) is 54.4 Å². The van der Waals surface area contributed by atoms with Crippen molar-refractivity contribution in [2.24, 2.45) is 0 Å². The van der Waals surface area contributed by atoms with Gasteiger partial charge in [0.2, 0.25) is 10.0 Å². The number of nitrogens with two attached hydrogens (primary N) is 1. The lowest BCUT2D eigenvalue weighted by Crippen LogP contribution is -2.27. The molecule has 1 unspecified atom stereocenters. The van der Waals surface area contributed by atoms with Crippen molar-refractivity contribution < 1.29 is 8.42 Å². The Hall–Kier alpha value is -1.92. The smallest absolute Gasteiger partial charge is 0.241 e. The van der Waals surface area contributed by atoms with Gasteiger partial charge in [-0.15, -0.1) is 0 Å². The monoisotopic (exact) mass is 277 g/mol. The van der Waals surface area contributed by atoms with Gasteiger partial charge < -0.3 is 5.73 Å². The minimum atomic E-state index is -3.59. The summed E-state index contributed by atoms with van der Waals surface area (Å²) in [6.07, 6.45) is 3.27. The first-order chi connectivity index (χ1) is 8.99. The van der Waals surface area contributed by atoms with Gasteiger partial charge in [0.05, 0.1) is 4.90 Å². The van der Waals surface area contributed by atoms with Crippen LogP contribution in [0.1, 0.15) is 18.5 Å². The molecule has 2 rings (SSSR count). The highest BCUT2D eigenvalue weighted by atomic mass is 32.2. The zero-order valence-corrected chi connectivity index (χ0v) is 11.3. The molecular formula is C13H15N3O2S. The Morgan fingerprint density at radius 2 is 2.05 bits per heavy atom. The Balaban J connectivity index is 2.23. The summed E-state index contributed by atoms with van der Waals surface area (Å²) in [5.41, 5.74) is 6.81. The number of pyridine rings is 1. The van der Waals surface area contributed by atoms with Crippen LogP contribution in [0.2, 0.25) is 0 Å². The van der Waals surface area contributed by atoms with Crippen molar-refractivity contribution in [1.82, 2.24) is 9.71 Å². The Bertz CT molecular complexity index is 657. The van der Waals surface area contributed by atoms with E-state index < -0.39 is 10.0 Å². The lowest BCUT2D eigenvalue weighted by atomic mass is 10.2.